The van der Waals surface area contributed by atoms with Crippen molar-refractivity contribution in [1.82, 2.24) is 29.4 Å². The van der Waals surface area contributed by atoms with E-state index in [1.165, 1.54) is 72.3 Å². The first-order valence-electron chi connectivity index (χ1n) is 14.2. The van der Waals surface area contributed by atoms with Crippen molar-refractivity contribution in [2.75, 3.05) is 26.9 Å². The molecule has 3 aromatic heterocycles. The highest BCUT2D eigenvalue weighted by molar-refractivity contribution is 14.2. The standard InChI is InChI=1S/C24H27FN6O4S.C5H10O2.HIS/c1-6-26-22(33)24(3,4)30-19(32)18-14(2)20(31-27-10-11-28-31)36-21(18)29(23(30)34)12-9-15-13-16(25)7-8-17(15)35-5;6-5-1-3-7-4-2-5;1-2/h7-8,10-11,13H,6,9,12H2,1-5H3,(H,26,33);5-6H,1-4H2;2H. The Morgan fingerprint density at radius 1 is 1.24 bits per heavy atom. The predicted octanol–water partition coefficient (Wildman–Crippen LogP) is 3.80. The molecule has 2 N–H and O–H groups in total. The average Bonchev–Trinajstić information content (AvgIpc) is 3.67. The fourth-order valence-electron chi connectivity index (χ4n) is 4.87. The summed E-state index contributed by atoms with van der Waals surface area (Å²) in [6, 6.07) is 4.18. The van der Waals surface area contributed by atoms with Crippen LogP contribution in [0.1, 0.15) is 44.7 Å². The number of aryl methyl sites for hydroxylation is 3. The maximum atomic E-state index is 14.0. The van der Waals surface area contributed by atoms with Gasteiger partial charge in [-0.25, -0.2) is 13.8 Å². The molecule has 1 aromatic carbocycles. The molecule has 0 saturated carbocycles. The summed E-state index contributed by atoms with van der Waals surface area (Å²) in [6.45, 7) is 8.52. The number of halogens is 2. The van der Waals surface area contributed by atoms with Crippen molar-refractivity contribution in [3.63, 3.8) is 0 Å². The molecule has 5 rings (SSSR count). The summed E-state index contributed by atoms with van der Waals surface area (Å²) in [5.74, 6) is -0.395. The third-order valence-corrected chi connectivity index (χ3v) is 8.56. The number of ether oxygens (including phenoxy) is 2. The molecule has 246 valence electrons. The summed E-state index contributed by atoms with van der Waals surface area (Å²) in [7, 11) is 4.99. The molecule has 0 spiro atoms. The van der Waals surface area contributed by atoms with Gasteiger partial charge >= 0.3 is 5.69 Å². The smallest absolute Gasteiger partial charge is 0.333 e. The number of likely N-dealkylation sites (N-methyl/N-ethyl adjacent to an activating group) is 1. The van der Waals surface area contributed by atoms with Crippen LogP contribution in [0.2, 0.25) is 0 Å². The van der Waals surface area contributed by atoms with Crippen LogP contribution < -0.4 is 21.3 Å². The lowest BCUT2D eigenvalue weighted by atomic mass is 10.0. The minimum Gasteiger partial charge on any atom is -0.496 e. The number of carbonyl (C=O) groups is 1. The van der Waals surface area contributed by atoms with Gasteiger partial charge in [0.15, 0.2) is 0 Å². The van der Waals surface area contributed by atoms with Crippen molar-refractivity contribution in [3.05, 3.63) is 68.4 Å². The largest absolute Gasteiger partial charge is 0.496 e. The van der Waals surface area contributed by atoms with Crippen LogP contribution in [-0.4, -0.2) is 68.1 Å². The van der Waals surface area contributed by atoms with E-state index in [4.69, 9.17) is 14.6 Å². The molecule has 4 heterocycles. The molecule has 1 aliphatic rings. The lowest BCUT2D eigenvalue weighted by molar-refractivity contribution is -0.128. The van der Waals surface area contributed by atoms with Crippen molar-refractivity contribution in [1.29, 1.82) is 0 Å². The van der Waals surface area contributed by atoms with Crippen LogP contribution in [0.25, 0.3) is 15.2 Å². The fourth-order valence-corrected chi connectivity index (χ4v) is 6.11. The van der Waals surface area contributed by atoms with E-state index in [0.29, 0.717) is 38.6 Å². The quantitative estimate of drug-likeness (QED) is 0.181. The van der Waals surface area contributed by atoms with E-state index in [9.17, 15) is 18.8 Å². The SMILES string of the molecule is CCNC(=O)C(C)(C)n1c(=O)c2c(C)c(-n3nccn3)sc2n(CCc2cc(F)ccc2OC)c1=O.OC1CCOCC1.SI. The molecular weight excluding hydrogens is 738 g/mol. The topological polar surface area (TPSA) is 142 Å². The molecule has 16 heteroatoms. The summed E-state index contributed by atoms with van der Waals surface area (Å²) in [4.78, 5) is 42.3. The van der Waals surface area contributed by atoms with Gasteiger partial charge in [0.1, 0.15) is 26.9 Å². The maximum absolute atomic E-state index is 14.0. The lowest BCUT2D eigenvalue weighted by Crippen LogP contribution is -2.55. The Labute approximate surface area is 281 Å². The number of carbonyl (C=O) groups excluding carboxylic acids is 1. The Morgan fingerprint density at radius 3 is 2.44 bits per heavy atom. The summed E-state index contributed by atoms with van der Waals surface area (Å²) in [6.07, 6.45) is 4.84. The van der Waals surface area contributed by atoms with Gasteiger partial charge in [0.2, 0.25) is 5.91 Å². The number of fused-ring (bicyclic) bond motifs is 1. The molecule has 0 atom stereocenters. The molecule has 0 bridgehead atoms. The van der Waals surface area contributed by atoms with Crippen LogP contribution in [0.4, 0.5) is 4.39 Å². The Bertz CT molecular complexity index is 1700. The minimum absolute atomic E-state index is 0.0891. The van der Waals surface area contributed by atoms with Gasteiger partial charge in [-0.15, -0.1) is 14.6 Å². The molecule has 0 radical (unpaired) electrons. The van der Waals surface area contributed by atoms with Crippen LogP contribution in [-0.2, 0) is 28.0 Å². The number of nitrogens with one attached hydrogen (secondary N) is 1. The maximum Gasteiger partial charge on any atom is 0.333 e. The molecule has 45 heavy (non-hydrogen) atoms. The number of benzene rings is 1. The number of thiophene rings is 1. The molecule has 1 fully saturated rings. The number of aromatic nitrogens is 5. The van der Waals surface area contributed by atoms with Gasteiger partial charge in [0.05, 0.1) is 31.0 Å². The van der Waals surface area contributed by atoms with Gasteiger partial charge in [0.25, 0.3) is 5.56 Å². The van der Waals surface area contributed by atoms with E-state index in [0.717, 1.165) is 30.6 Å². The number of hydrogen-bond acceptors (Lipinski definition) is 10. The van der Waals surface area contributed by atoms with Crippen molar-refractivity contribution < 1.29 is 23.8 Å². The summed E-state index contributed by atoms with van der Waals surface area (Å²) < 4.78 is 26.7. The number of nitrogens with zero attached hydrogens (tertiary/aromatic N) is 5. The van der Waals surface area contributed by atoms with Crippen LogP contribution in [0.15, 0.2) is 40.2 Å². The highest BCUT2D eigenvalue weighted by Gasteiger charge is 2.35. The number of aliphatic hydroxyl groups excluding tert-OH is 1. The first-order chi connectivity index (χ1) is 21.5. The Morgan fingerprint density at radius 2 is 1.89 bits per heavy atom. The Balaban J connectivity index is 0.000000534. The van der Waals surface area contributed by atoms with Crippen LogP contribution >= 0.6 is 42.3 Å². The van der Waals surface area contributed by atoms with Gasteiger partial charge in [-0.3, -0.25) is 14.2 Å². The van der Waals surface area contributed by atoms with Crippen molar-refractivity contribution in [2.24, 2.45) is 0 Å². The normalized spacial score (nSPS) is 13.4. The fraction of sp³-hybridized carbons (Fsp3) is 0.483. The van der Waals surface area contributed by atoms with Crippen LogP contribution in [0, 0.1) is 12.7 Å². The van der Waals surface area contributed by atoms with Crippen molar-refractivity contribution >= 4 is 58.5 Å². The van der Waals surface area contributed by atoms with E-state index in [2.05, 4.69) is 25.3 Å². The molecule has 4 aromatic rings. The number of hydrogen-bond donors (Lipinski definition) is 3. The van der Waals surface area contributed by atoms with Gasteiger partial charge in [-0.2, -0.15) is 10.2 Å². The summed E-state index contributed by atoms with van der Waals surface area (Å²) in [5, 5.41) is 20.8. The molecule has 0 unspecified atom stereocenters. The third kappa shape index (κ3) is 8.33. The Hall–Kier alpha value is -2.80. The minimum atomic E-state index is -1.46. The van der Waals surface area contributed by atoms with Crippen molar-refractivity contribution in [2.45, 2.75) is 65.1 Å². The number of methoxy groups -OCH3 is 1. The molecule has 0 aliphatic carbocycles. The first-order valence-corrected chi connectivity index (χ1v) is 18.3. The Kier molecular flexibility index (Phi) is 13.6. The lowest BCUT2D eigenvalue weighted by Gasteiger charge is -2.26. The number of aliphatic hydroxyl groups is 1. The van der Waals surface area contributed by atoms with Gasteiger partial charge in [-0.1, -0.05) is 11.3 Å². The van der Waals surface area contributed by atoms with Crippen LogP contribution in [0.5, 0.6) is 5.75 Å². The monoisotopic (exact) mass is 776 g/mol. The number of thiol groups is 1. The predicted molar refractivity (Wildman–Crippen MR) is 184 cm³/mol. The second-order valence-corrected chi connectivity index (χ2v) is 11.6. The zero-order valence-corrected chi connectivity index (χ0v) is 29.6. The van der Waals surface area contributed by atoms with E-state index in [1.54, 1.807) is 13.8 Å². The second-order valence-electron chi connectivity index (χ2n) is 10.6. The highest BCUT2D eigenvalue weighted by Crippen LogP contribution is 2.31. The third-order valence-electron chi connectivity index (χ3n) is 7.28. The zero-order chi connectivity index (χ0) is 33.3. The first kappa shape index (κ1) is 36.7. The molecule has 12 nitrogen and oxygen atoms in total. The van der Waals surface area contributed by atoms with E-state index in [1.807, 2.05) is 21.2 Å². The van der Waals surface area contributed by atoms with Gasteiger partial charge < -0.3 is 19.9 Å². The molecule has 1 aliphatic heterocycles. The summed E-state index contributed by atoms with van der Waals surface area (Å²) >= 11 is 3.05. The van der Waals surface area contributed by atoms with E-state index in [-0.39, 0.29) is 19.1 Å². The van der Waals surface area contributed by atoms with Gasteiger partial charge in [0, 0.05) is 31.9 Å². The molecule has 1 amide bonds. The summed E-state index contributed by atoms with van der Waals surface area (Å²) in [5.41, 5.74) is -1.51. The average molecular weight is 777 g/mol. The zero-order valence-electron chi connectivity index (χ0n) is 25.7. The molecule has 1 saturated heterocycles. The number of amides is 1. The highest BCUT2D eigenvalue weighted by atomic mass is 127. The number of rotatable bonds is 8. The van der Waals surface area contributed by atoms with Crippen LogP contribution in [0.3, 0.4) is 0 Å². The van der Waals surface area contributed by atoms with Gasteiger partial charge in [-0.05, 0) is 91.9 Å². The van der Waals surface area contributed by atoms with Crippen molar-refractivity contribution in [3.8, 4) is 10.8 Å². The van der Waals surface area contributed by atoms with E-state index >= 15 is 0 Å². The molecular formula is C29H38FIN6O6S2. The second kappa shape index (κ2) is 16.7. The van der Waals surface area contributed by atoms with E-state index < -0.39 is 28.5 Å².